The summed E-state index contributed by atoms with van der Waals surface area (Å²) in [6, 6.07) is 8.01. The number of hydrogen-bond donors (Lipinski definition) is 2. The van der Waals surface area contributed by atoms with E-state index in [1.807, 2.05) is 29.6 Å². The van der Waals surface area contributed by atoms with Crippen LogP contribution in [0.5, 0.6) is 0 Å². The molecule has 3 aromatic rings. The molecule has 0 atom stereocenters. The van der Waals surface area contributed by atoms with Gasteiger partial charge in [-0.15, -0.1) is 11.3 Å². The highest BCUT2D eigenvalue weighted by molar-refractivity contribution is 7.11. The van der Waals surface area contributed by atoms with Crippen molar-refractivity contribution in [1.82, 2.24) is 20.0 Å². The van der Waals surface area contributed by atoms with Crippen molar-refractivity contribution in [3.8, 4) is 0 Å². The number of nitrogens with one attached hydrogen (secondary N) is 1. The Morgan fingerprint density at radius 2 is 2.19 bits per heavy atom. The minimum atomic E-state index is -0.363. The first-order chi connectivity index (χ1) is 10.2. The largest absolute Gasteiger partial charge is 0.322 e. The van der Waals surface area contributed by atoms with Gasteiger partial charge in [0.15, 0.2) is 5.01 Å². The maximum atomic E-state index is 11.5. The van der Waals surface area contributed by atoms with E-state index in [1.165, 1.54) is 11.3 Å². The van der Waals surface area contributed by atoms with Gasteiger partial charge in [0.25, 0.3) is 5.91 Å². The van der Waals surface area contributed by atoms with Gasteiger partial charge >= 0.3 is 0 Å². The Bertz CT molecular complexity index is 792. The first kappa shape index (κ1) is 13.7. The second-order valence-corrected chi connectivity index (χ2v) is 5.43. The monoisotopic (exact) mass is 301 g/mol. The minimum Gasteiger partial charge on any atom is -0.322 e. The number of carbonyl (C=O) groups excluding carboxylic acids is 1. The zero-order valence-corrected chi connectivity index (χ0v) is 12.4. The van der Waals surface area contributed by atoms with E-state index in [9.17, 15) is 4.79 Å². The van der Waals surface area contributed by atoms with E-state index in [4.69, 9.17) is 5.84 Å². The Labute approximate surface area is 125 Å². The molecule has 2 aromatic heterocycles. The normalized spacial score (nSPS) is 11.0. The number of amides is 1. The number of hydrogen-bond acceptors (Lipinski definition) is 5. The van der Waals surface area contributed by atoms with Crippen LogP contribution in [-0.2, 0) is 13.0 Å². The van der Waals surface area contributed by atoms with Crippen LogP contribution in [0.3, 0.4) is 0 Å². The first-order valence-corrected chi connectivity index (χ1v) is 7.50. The number of fused-ring (bicyclic) bond motifs is 1. The molecule has 3 N–H and O–H groups in total. The van der Waals surface area contributed by atoms with Crippen molar-refractivity contribution in [2.75, 3.05) is 0 Å². The molecule has 0 radical (unpaired) electrons. The number of nitrogens with zero attached hydrogens (tertiary/aromatic N) is 3. The summed E-state index contributed by atoms with van der Waals surface area (Å²) in [6.07, 6.45) is 0.842. The van der Waals surface area contributed by atoms with Gasteiger partial charge in [-0.25, -0.2) is 15.8 Å². The number of aryl methyl sites for hydroxylation is 1. The highest BCUT2D eigenvalue weighted by atomic mass is 32.1. The average Bonchev–Trinajstić information content (AvgIpc) is 3.12. The molecule has 0 saturated carbocycles. The lowest BCUT2D eigenvalue weighted by Crippen LogP contribution is -2.29. The van der Waals surface area contributed by atoms with Crippen molar-refractivity contribution in [2.45, 2.75) is 19.9 Å². The molecule has 3 rings (SSSR count). The molecule has 0 spiro atoms. The van der Waals surface area contributed by atoms with Gasteiger partial charge in [-0.3, -0.25) is 10.2 Å². The van der Waals surface area contributed by atoms with Gasteiger partial charge in [-0.2, -0.15) is 0 Å². The number of carbonyl (C=O) groups is 1. The van der Waals surface area contributed by atoms with Crippen LogP contribution in [0.25, 0.3) is 11.0 Å². The van der Waals surface area contributed by atoms with Crippen molar-refractivity contribution in [1.29, 1.82) is 0 Å². The molecule has 108 valence electrons. The molecule has 0 aliphatic carbocycles. The first-order valence-electron chi connectivity index (χ1n) is 6.62. The number of imidazole rings is 1. The van der Waals surface area contributed by atoms with E-state index in [0.29, 0.717) is 11.6 Å². The molecule has 1 aromatic carbocycles. The Hall–Kier alpha value is -2.25. The number of para-hydroxylation sites is 2. The zero-order valence-electron chi connectivity index (χ0n) is 11.5. The third kappa shape index (κ3) is 2.53. The van der Waals surface area contributed by atoms with Crippen LogP contribution < -0.4 is 11.3 Å². The molecule has 2 heterocycles. The van der Waals surface area contributed by atoms with Crippen molar-refractivity contribution in [3.05, 3.63) is 46.2 Å². The Morgan fingerprint density at radius 1 is 1.38 bits per heavy atom. The second kappa shape index (κ2) is 5.63. The summed E-state index contributed by atoms with van der Waals surface area (Å²) < 4.78 is 2.13. The summed E-state index contributed by atoms with van der Waals surface area (Å²) in [5, 5.41) is 2.24. The number of aromatic nitrogens is 3. The molecule has 0 fully saturated rings. The quantitative estimate of drug-likeness (QED) is 0.436. The van der Waals surface area contributed by atoms with Crippen LogP contribution in [0.1, 0.15) is 28.2 Å². The maximum Gasteiger partial charge on any atom is 0.294 e. The van der Waals surface area contributed by atoms with Crippen LogP contribution in [-0.4, -0.2) is 20.4 Å². The lowest BCUT2D eigenvalue weighted by molar-refractivity contribution is 0.0953. The summed E-state index contributed by atoms with van der Waals surface area (Å²) in [7, 11) is 0. The minimum absolute atomic E-state index is 0.363. The lowest BCUT2D eigenvalue weighted by Gasteiger charge is -2.05. The van der Waals surface area contributed by atoms with Gasteiger partial charge in [0, 0.05) is 11.8 Å². The standard InChI is InChI=1S/C14H15N5OS/c1-2-12-17-10-5-3-4-6-11(10)19(12)7-9-8-21-14(16-9)13(20)18-15/h3-6,8H,2,7,15H2,1H3,(H,18,20). The molecule has 7 heteroatoms. The predicted octanol–water partition coefficient (Wildman–Crippen LogP) is 1.71. The van der Waals surface area contributed by atoms with Gasteiger partial charge in [0.2, 0.25) is 0 Å². The number of nitrogens with two attached hydrogens (primary N) is 1. The van der Waals surface area contributed by atoms with Crippen LogP contribution in [0, 0.1) is 0 Å². The molecule has 0 bridgehead atoms. The molecule has 0 unspecified atom stereocenters. The summed E-state index contributed by atoms with van der Waals surface area (Å²) in [4.78, 5) is 20.4. The Morgan fingerprint density at radius 3 is 2.95 bits per heavy atom. The van der Waals surface area contributed by atoms with E-state index in [-0.39, 0.29) is 5.91 Å². The summed E-state index contributed by atoms with van der Waals surface area (Å²) in [5.41, 5.74) is 4.98. The maximum absolute atomic E-state index is 11.5. The van der Waals surface area contributed by atoms with Crippen molar-refractivity contribution >= 4 is 28.3 Å². The molecular weight excluding hydrogens is 286 g/mol. The highest BCUT2D eigenvalue weighted by Gasteiger charge is 2.13. The second-order valence-electron chi connectivity index (χ2n) is 4.57. The summed E-state index contributed by atoms with van der Waals surface area (Å²) >= 11 is 1.29. The van der Waals surface area contributed by atoms with Crippen molar-refractivity contribution in [3.63, 3.8) is 0 Å². The third-order valence-corrected chi connectivity index (χ3v) is 4.14. The number of nitrogen functional groups attached to an aromatic ring is 1. The van der Waals surface area contributed by atoms with E-state index in [2.05, 4.69) is 26.9 Å². The summed E-state index contributed by atoms with van der Waals surface area (Å²) in [5.74, 6) is 5.77. The molecule has 0 saturated heterocycles. The van der Waals surface area contributed by atoms with Crippen LogP contribution >= 0.6 is 11.3 Å². The van der Waals surface area contributed by atoms with E-state index < -0.39 is 0 Å². The van der Waals surface area contributed by atoms with Crippen molar-refractivity contribution < 1.29 is 4.79 Å². The molecule has 0 aliphatic heterocycles. The lowest BCUT2D eigenvalue weighted by atomic mass is 10.3. The zero-order chi connectivity index (χ0) is 14.8. The number of hydrazine groups is 1. The third-order valence-electron chi connectivity index (χ3n) is 3.25. The Kier molecular flexibility index (Phi) is 3.68. The van der Waals surface area contributed by atoms with Crippen LogP contribution in [0.4, 0.5) is 0 Å². The van der Waals surface area contributed by atoms with Gasteiger partial charge in [-0.05, 0) is 12.1 Å². The molecule has 6 nitrogen and oxygen atoms in total. The van der Waals surface area contributed by atoms with E-state index in [0.717, 1.165) is 29.0 Å². The van der Waals surface area contributed by atoms with Crippen molar-refractivity contribution in [2.24, 2.45) is 5.84 Å². The van der Waals surface area contributed by atoms with Crippen LogP contribution in [0.2, 0.25) is 0 Å². The Balaban J connectivity index is 1.97. The molecule has 1 amide bonds. The van der Waals surface area contributed by atoms with Crippen LogP contribution in [0.15, 0.2) is 29.6 Å². The van der Waals surface area contributed by atoms with Gasteiger partial charge in [0.05, 0.1) is 23.3 Å². The number of benzene rings is 1. The number of rotatable bonds is 4. The predicted molar refractivity (Wildman–Crippen MR) is 82.0 cm³/mol. The van der Waals surface area contributed by atoms with Gasteiger partial charge in [-0.1, -0.05) is 19.1 Å². The molecule has 21 heavy (non-hydrogen) atoms. The van der Waals surface area contributed by atoms with Gasteiger partial charge < -0.3 is 4.57 Å². The number of thiazole rings is 1. The summed E-state index contributed by atoms with van der Waals surface area (Å²) in [6.45, 7) is 2.67. The SMILES string of the molecule is CCc1nc2ccccc2n1Cc1csc(C(=O)NN)n1. The molecular formula is C14H15N5OS. The van der Waals surface area contributed by atoms with E-state index >= 15 is 0 Å². The fraction of sp³-hybridized carbons (Fsp3) is 0.214. The van der Waals surface area contributed by atoms with E-state index in [1.54, 1.807) is 0 Å². The average molecular weight is 301 g/mol. The molecule has 0 aliphatic rings. The fourth-order valence-corrected chi connectivity index (χ4v) is 2.99. The smallest absolute Gasteiger partial charge is 0.294 e. The highest BCUT2D eigenvalue weighted by Crippen LogP contribution is 2.19. The fourth-order valence-electron chi connectivity index (χ4n) is 2.28. The van der Waals surface area contributed by atoms with Gasteiger partial charge in [0.1, 0.15) is 5.82 Å². The topological polar surface area (TPSA) is 85.8 Å².